The SMILES string of the molecule is CCNC(=NCc1ccc(OC)c(NC(C)=O)c1)NCCc1ccc(OC)cc1Cl.I. The smallest absolute Gasteiger partial charge is 0.221 e. The van der Waals surface area contributed by atoms with E-state index in [1.807, 2.05) is 43.3 Å². The van der Waals surface area contributed by atoms with E-state index in [-0.39, 0.29) is 29.9 Å². The molecule has 0 unspecified atom stereocenters. The summed E-state index contributed by atoms with van der Waals surface area (Å²) in [6.45, 7) is 5.36. The molecule has 2 aromatic rings. The van der Waals surface area contributed by atoms with E-state index in [9.17, 15) is 4.79 Å². The van der Waals surface area contributed by atoms with E-state index in [0.717, 1.165) is 29.8 Å². The van der Waals surface area contributed by atoms with Crippen LogP contribution in [0.4, 0.5) is 5.69 Å². The zero-order valence-electron chi connectivity index (χ0n) is 18.3. The molecule has 0 atom stereocenters. The van der Waals surface area contributed by atoms with Crippen LogP contribution in [0, 0.1) is 0 Å². The highest BCUT2D eigenvalue weighted by Crippen LogP contribution is 2.26. The number of carbonyl (C=O) groups excluding carboxylic acids is 1. The Morgan fingerprint density at radius 3 is 2.48 bits per heavy atom. The fourth-order valence-corrected chi connectivity index (χ4v) is 3.09. The Morgan fingerprint density at radius 1 is 1.10 bits per heavy atom. The van der Waals surface area contributed by atoms with Crippen LogP contribution in [-0.2, 0) is 17.8 Å². The fourth-order valence-electron chi connectivity index (χ4n) is 2.83. The molecule has 0 heterocycles. The summed E-state index contributed by atoms with van der Waals surface area (Å²) in [7, 11) is 3.19. The molecule has 0 saturated carbocycles. The Morgan fingerprint density at radius 2 is 1.87 bits per heavy atom. The first-order valence-electron chi connectivity index (χ1n) is 9.76. The molecule has 31 heavy (non-hydrogen) atoms. The lowest BCUT2D eigenvalue weighted by Crippen LogP contribution is -2.38. The number of carbonyl (C=O) groups is 1. The lowest BCUT2D eigenvalue weighted by molar-refractivity contribution is -0.114. The predicted octanol–water partition coefficient (Wildman–Crippen LogP) is 4.23. The first kappa shape index (κ1) is 26.8. The minimum absolute atomic E-state index is 0. The normalized spacial score (nSPS) is 10.7. The predicted molar refractivity (Wildman–Crippen MR) is 137 cm³/mol. The summed E-state index contributed by atoms with van der Waals surface area (Å²) in [5.41, 5.74) is 2.62. The maximum absolute atomic E-state index is 11.4. The lowest BCUT2D eigenvalue weighted by Gasteiger charge is -2.13. The van der Waals surface area contributed by atoms with Crippen LogP contribution in [0.1, 0.15) is 25.0 Å². The fraction of sp³-hybridized carbons (Fsp3) is 0.364. The molecule has 0 fully saturated rings. The number of aliphatic imine (C=N–C) groups is 1. The van der Waals surface area contributed by atoms with Crippen LogP contribution in [0.5, 0.6) is 11.5 Å². The zero-order valence-corrected chi connectivity index (χ0v) is 21.3. The third-order valence-electron chi connectivity index (χ3n) is 4.29. The van der Waals surface area contributed by atoms with Crippen LogP contribution in [0.2, 0.25) is 5.02 Å². The van der Waals surface area contributed by atoms with Gasteiger partial charge in [-0.2, -0.15) is 0 Å². The first-order chi connectivity index (χ1) is 14.5. The molecule has 3 N–H and O–H groups in total. The number of ether oxygens (including phenoxy) is 2. The van der Waals surface area contributed by atoms with E-state index < -0.39 is 0 Å². The zero-order chi connectivity index (χ0) is 21.9. The largest absolute Gasteiger partial charge is 0.497 e. The molecule has 170 valence electrons. The summed E-state index contributed by atoms with van der Waals surface area (Å²) in [5.74, 6) is 1.91. The molecular weight excluding hydrogens is 531 g/mol. The molecule has 0 radical (unpaired) electrons. The average molecular weight is 561 g/mol. The van der Waals surface area contributed by atoms with Gasteiger partial charge in [-0.15, -0.1) is 24.0 Å². The van der Waals surface area contributed by atoms with Crippen molar-refractivity contribution in [3.05, 3.63) is 52.5 Å². The number of hydrogen-bond donors (Lipinski definition) is 3. The van der Waals surface area contributed by atoms with Gasteiger partial charge in [-0.05, 0) is 48.7 Å². The van der Waals surface area contributed by atoms with Crippen LogP contribution in [0.15, 0.2) is 41.4 Å². The van der Waals surface area contributed by atoms with Crippen molar-refractivity contribution in [2.24, 2.45) is 4.99 Å². The quantitative estimate of drug-likeness (QED) is 0.243. The maximum atomic E-state index is 11.4. The molecule has 1 amide bonds. The van der Waals surface area contributed by atoms with E-state index in [4.69, 9.17) is 21.1 Å². The van der Waals surface area contributed by atoms with E-state index in [1.165, 1.54) is 6.92 Å². The Hall–Kier alpha value is -2.20. The maximum Gasteiger partial charge on any atom is 0.221 e. The summed E-state index contributed by atoms with van der Waals surface area (Å²) in [5, 5.41) is 10.0. The highest BCUT2D eigenvalue weighted by Gasteiger charge is 2.07. The van der Waals surface area contributed by atoms with Crippen molar-refractivity contribution in [1.82, 2.24) is 10.6 Å². The molecule has 0 aliphatic carbocycles. The van der Waals surface area contributed by atoms with Gasteiger partial charge in [0, 0.05) is 25.0 Å². The molecule has 0 aromatic heterocycles. The lowest BCUT2D eigenvalue weighted by atomic mass is 10.1. The molecule has 2 aromatic carbocycles. The third-order valence-corrected chi connectivity index (χ3v) is 4.64. The molecule has 2 rings (SSSR count). The van der Waals surface area contributed by atoms with E-state index in [2.05, 4.69) is 20.9 Å². The highest BCUT2D eigenvalue weighted by atomic mass is 127. The molecule has 0 bridgehead atoms. The second-order valence-corrected chi connectivity index (χ2v) is 6.95. The summed E-state index contributed by atoms with van der Waals surface area (Å²) in [4.78, 5) is 16.0. The van der Waals surface area contributed by atoms with Crippen LogP contribution < -0.4 is 25.4 Å². The number of benzene rings is 2. The van der Waals surface area contributed by atoms with E-state index >= 15 is 0 Å². The molecular formula is C22H30ClIN4O3. The van der Waals surface area contributed by atoms with Crippen LogP contribution >= 0.6 is 35.6 Å². The topological polar surface area (TPSA) is 84.0 Å². The molecule has 7 nitrogen and oxygen atoms in total. The number of guanidine groups is 1. The summed E-state index contributed by atoms with van der Waals surface area (Å²) in [6, 6.07) is 11.3. The van der Waals surface area contributed by atoms with Crippen molar-refractivity contribution in [3.63, 3.8) is 0 Å². The standard InChI is InChI=1S/C22H29ClN4O3.HI/c1-5-24-22(25-11-10-17-7-8-18(29-3)13-19(17)23)26-14-16-6-9-21(30-4)20(12-16)27-15(2)28;/h6-9,12-13H,5,10-11,14H2,1-4H3,(H,27,28)(H2,24,25,26);1H. The number of amides is 1. The van der Waals surface area contributed by atoms with Gasteiger partial charge in [0.2, 0.25) is 5.91 Å². The molecule has 9 heteroatoms. The minimum atomic E-state index is -0.152. The monoisotopic (exact) mass is 560 g/mol. The van der Waals surface area contributed by atoms with Gasteiger partial charge in [-0.25, -0.2) is 4.99 Å². The highest BCUT2D eigenvalue weighted by molar-refractivity contribution is 14.0. The van der Waals surface area contributed by atoms with Crippen molar-refractivity contribution in [1.29, 1.82) is 0 Å². The van der Waals surface area contributed by atoms with E-state index in [0.29, 0.717) is 35.5 Å². The van der Waals surface area contributed by atoms with Gasteiger partial charge < -0.3 is 25.4 Å². The number of anilines is 1. The van der Waals surface area contributed by atoms with Crippen LogP contribution in [0.3, 0.4) is 0 Å². The molecule has 0 aliphatic heterocycles. The van der Waals surface area contributed by atoms with Gasteiger partial charge in [0.25, 0.3) is 0 Å². The number of halogens is 2. The Kier molecular flexibility index (Phi) is 12.1. The summed E-state index contributed by atoms with van der Waals surface area (Å²) < 4.78 is 10.5. The second-order valence-electron chi connectivity index (χ2n) is 6.55. The molecule has 0 aliphatic rings. The van der Waals surface area contributed by atoms with Gasteiger partial charge in [-0.1, -0.05) is 23.7 Å². The van der Waals surface area contributed by atoms with Crippen molar-refractivity contribution in [2.75, 3.05) is 32.6 Å². The van der Waals surface area contributed by atoms with Crippen molar-refractivity contribution < 1.29 is 14.3 Å². The third kappa shape index (κ3) is 8.82. The van der Waals surface area contributed by atoms with Crippen LogP contribution in [-0.4, -0.2) is 39.2 Å². The Balaban J connectivity index is 0.00000480. The Bertz CT molecular complexity index is 893. The molecule has 0 spiro atoms. The van der Waals surface area contributed by atoms with E-state index in [1.54, 1.807) is 14.2 Å². The van der Waals surface area contributed by atoms with Crippen LogP contribution in [0.25, 0.3) is 0 Å². The van der Waals surface area contributed by atoms with Gasteiger partial charge in [-0.3, -0.25) is 4.79 Å². The van der Waals surface area contributed by atoms with Crippen molar-refractivity contribution >= 4 is 53.1 Å². The van der Waals surface area contributed by atoms with Gasteiger partial charge >= 0.3 is 0 Å². The van der Waals surface area contributed by atoms with Gasteiger partial charge in [0.1, 0.15) is 11.5 Å². The van der Waals surface area contributed by atoms with Gasteiger partial charge in [0.15, 0.2) is 5.96 Å². The first-order valence-corrected chi connectivity index (χ1v) is 10.1. The number of nitrogens with zero attached hydrogens (tertiary/aromatic N) is 1. The Labute approximate surface area is 206 Å². The van der Waals surface area contributed by atoms with Crippen molar-refractivity contribution in [3.8, 4) is 11.5 Å². The average Bonchev–Trinajstić information content (AvgIpc) is 2.72. The minimum Gasteiger partial charge on any atom is -0.497 e. The number of methoxy groups -OCH3 is 2. The number of rotatable bonds is 9. The van der Waals surface area contributed by atoms with Crippen molar-refractivity contribution in [2.45, 2.75) is 26.8 Å². The van der Waals surface area contributed by atoms with Gasteiger partial charge in [0.05, 0.1) is 26.5 Å². The molecule has 0 saturated heterocycles. The summed E-state index contributed by atoms with van der Waals surface area (Å²) in [6.07, 6.45) is 0.752. The number of hydrogen-bond acceptors (Lipinski definition) is 4. The second kappa shape index (κ2) is 14.0. The number of nitrogens with one attached hydrogen (secondary N) is 3. The summed E-state index contributed by atoms with van der Waals surface area (Å²) >= 11 is 6.31.